The standard InChI is InChI=1S/C30H34BrNO4/c1-29(2,3)32-28(33)36-27-18-26(19-27)35-24-14-8-21(9-15-24)30(4,5)20-6-12-23(13-7-20)34-25-16-10-22(31)11-17-25/h6-17,26-27H,18-19H2,1-5H3,(H,32,33). The number of alkyl carbamates (subject to hydrolysis) is 1. The molecular formula is C30H34BrNO4. The van der Waals surface area contributed by atoms with E-state index in [-0.39, 0.29) is 29.3 Å². The van der Waals surface area contributed by atoms with Crippen LogP contribution in [0.25, 0.3) is 0 Å². The summed E-state index contributed by atoms with van der Waals surface area (Å²) in [5, 5.41) is 2.82. The molecule has 6 heteroatoms. The van der Waals surface area contributed by atoms with Gasteiger partial charge in [-0.3, -0.25) is 0 Å². The molecule has 0 bridgehead atoms. The van der Waals surface area contributed by atoms with E-state index >= 15 is 0 Å². The number of hydrogen-bond acceptors (Lipinski definition) is 4. The molecule has 0 aromatic heterocycles. The minimum absolute atomic E-state index is 0.0644. The monoisotopic (exact) mass is 551 g/mol. The van der Waals surface area contributed by atoms with Gasteiger partial charge >= 0.3 is 6.09 Å². The molecule has 36 heavy (non-hydrogen) atoms. The zero-order valence-electron chi connectivity index (χ0n) is 21.5. The molecule has 1 amide bonds. The molecule has 5 nitrogen and oxygen atoms in total. The Labute approximate surface area is 222 Å². The Balaban J connectivity index is 1.30. The lowest BCUT2D eigenvalue weighted by Crippen LogP contribution is -2.46. The number of carbonyl (C=O) groups excluding carboxylic acids is 1. The lowest BCUT2D eigenvalue weighted by molar-refractivity contribution is -0.0243. The van der Waals surface area contributed by atoms with Gasteiger partial charge in [-0.1, -0.05) is 54.0 Å². The Morgan fingerprint density at radius 3 is 1.72 bits per heavy atom. The molecule has 1 aliphatic carbocycles. The van der Waals surface area contributed by atoms with E-state index in [4.69, 9.17) is 14.2 Å². The van der Waals surface area contributed by atoms with Gasteiger partial charge in [0.1, 0.15) is 29.5 Å². The molecular weight excluding hydrogens is 518 g/mol. The van der Waals surface area contributed by atoms with Crippen molar-refractivity contribution in [3.63, 3.8) is 0 Å². The Morgan fingerprint density at radius 1 is 0.750 bits per heavy atom. The number of hydrogen-bond donors (Lipinski definition) is 1. The number of carbonyl (C=O) groups is 1. The van der Waals surface area contributed by atoms with Crippen molar-refractivity contribution in [3.05, 3.63) is 88.4 Å². The third-order valence-corrected chi connectivity index (χ3v) is 6.84. The molecule has 0 unspecified atom stereocenters. The minimum Gasteiger partial charge on any atom is -0.490 e. The first-order valence-corrected chi connectivity index (χ1v) is 13.1. The van der Waals surface area contributed by atoms with E-state index in [2.05, 4.69) is 59.4 Å². The van der Waals surface area contributed by atoms with Gasteiger partial charge in [-0.2, -0.15) is 0 Å². The van der Waals surface area contributed by atoms with Gasteiger partial charge < -0.3 is 19.5 Å². The zero-order valence-corrected chi connectivity index (χ0v) is 23.1. The lowest BCUT2D eigenvalue weighted by Gasteiger charge is -2.35. The van der Waals surface area contributed by atoms with Crippen LogP contribution in [0.5, 0.6) is 17.2 Å². The third kappa shape index (κ3) is 6.82. The van der Waals surface area contributed by atoms with Crippen molar-refractivity contribution in [1.82, 2.24) is 5.32 Å². The second kappa shape index (κ2) is 10.6. The van der Waals surface area contributed by atoms with Crippen LogP contribution in [0.15, 0.2) is 77.3 Å². The highest BCUT2D eigenvalue weighted by molar-refractivity contribution is 9.10. The van der Waals surface area contributed by atoms with Crippen molar-refractivity contribution in [1.29, 1.82) is 0 Å². The van der Waals surface area contributed by atoms with E-state index in [1.807, 2.05) is 69.3 Å². The highest BCUT2D eigenvalue weighted by Crippen LogP contribution is 2.35. The Morgan fingerprint density at radius 2 is 1.22 bits per heavy atom. The third-order valence-electron chi connectivity index (χ3n) is 6.31. The zero-order chi connectivity index (χ0) is 25.9. The Bertz CT molecular complexity index is 1160. The fraction of sp³-hybridized carbons (Fsp3) is 0.367. The average molecular weight is 553 g/mol. The van der Waals surface area contributed by atoms with Crippen LogP contribution in [0.2, 0.25) is 0 Å². The van der Waals surface area contributed by atoms with Crippen molar-refractivity contribution < 1.29 is 19.0 Å². The quantitative estimate of drug-likeness (QED) is 0.323. The summed E-state index contributed by atoms with van der Waals surface area (Å²) in [5.74, 6) is 2.44. The van der Waals surface area contributed by atoms with Gasteiger partial charge in [0.15, 0.2) is 0 Å². The van der Waals surface area contributed by atoms with Crippen LogP contribution in [0.1, 0.15) is 58.6 Å². The maximum atomic E-state index is 11.9. The molecule has 0 heterocycles. The smallest absolute Gasteiger partial charge is 0.407 e. The molecule has 1 fully saturated rings. The molecule has 3 aromatic rings. The van der Waals surface area contributed by atoms with Crippen molar-refractivity contribution >= 4 is 22.0 Å². The van der Waals surface area contributed by atoms with Crippen molar-refractivity contribution in [3.8, 4) is 17.2 Å². The van der Waals surface area contributed by atoms with Gasteiger partial charge in [0.25, 0.3) is 0 Å². The molecule has 0 spiro atoms. The van der Waals surface area contributed by atoms with Gasteiger partial charge in [0, 0.05) is 28.3 Å². The van der Waals surface area contributed by atoms with E-state index in [0.717, 1.165) is 21.7 Å². The predicted octanol–water partition coefficient (Wildman–Crippen LogP) is 8.00. The van der Waals surface area contributed by atoms with Gasteiger partial charge in [0.2, 0.25) is 0 Å². The van der Waals surface area contributed by atoms with E-state index in [1.165, 1.54) is 11.1 Å². The first kappa shape index (κ1) is 26.1. The number of nitrogens with one attached hydrogen (secondary N) is 1. The average Bonchev–Trinajstić information content (AvgIpc) is 2.79. The molecule has 1 N–H and O–H groups in total. The lowest BCUT2D eigenvalue weighted by atomic mass is 9.78. The second-order valence-electron chi connectivity index (χ2n) is 10.8. The number of rotatable bonds is 7. The highest BCUT2D eigenvalue weighted by Gasteiger charge is 2.34. The summed E-state index contributed by atoms with van der Waals surface area (Å²) >= 11 is 3.44. The number of benzene rings is 3. The fourth-order valence-corrected chi connectivity index (χ4v) is 4.35. The van der Waals surface area contributed by atoms with Crippen LogP contribution < -0.4 is 14.8 Å². The van der Waals surface area contributed by atoms with Crippen LogP contribution in [-0.4, -0.2) is 23.8 Å². The molecule has 1 aliphatic rings. The molecule has 0 saturated heterocycles. The van der Waals surface area contributed by atoms with Crippen LogP contribution >= 0.6 is 15.9 Å². The van der Waals surface area contributed by atoms with Gasteiger partial charge in [-0.05, 0) is 80.4 Å². The molecule has 1 saturated carbocycles. The summed E-state index contributed by atoms with van der Waals surface area (Å²) in [6.07, 6.45) is 1.02. The molecule has 0 radical (unpaired) electrons. The van der Waals surface area contributed by atoms with E-state index < -0.39 is 0 Å². The molecule has 190 valence electrons. The van der Waals surface area contributed by atoms with Crippen LogP contribution in [-0.2, 0) is 10.2 Å². The normalized spacial score (nSPS) is 17.6. The molecule has 3 aromatic carbocycles. The summed E-state index contributed by atoms with van der Waals surface area (Å²) < 4.78 is 18.5. The first-order valence-electron chi connectivity index (χ1n) is 12.3. The molecule has 4 rings (SSSR count). The van der Waals surface area contributed by atoms with Gasteiger partial charge in [-0.15, -0.1) is 0 Å². The fourth-order valence-electron chi connectivity index (χ4n) is 4.08. The van der Waals surface area contributed by atoms with Gasteiger partial charge in [-0.25, -0.2) is 4.79 Å². The maximum absolute atomic E-state index is 11.9. The van der Waals surface area contributed by atoms with Crippen LogP contribution in [0.3, 0.4) is 0 Å². The Kier molecular flexibility index (Phi) is 7.65. The maximum Gasteiger partial charge on any atom is 0.407 e. The topological polar surface area (TPSA) is 56.8 Å². The summed E-state index contributed by atoms with van der Waals surface area (Å²) in [4.78, 5) is 11.9. The van der Waals surface area contributed by atoms with Crippen molar-refractivity contribution in [2.24, 2.45) is 0 Å². The SMILES string of the molecule is CC(C)(C)NC(=O)OC1CC(Oc2ccc(C(C)(C)c3ccc(Oc4ccc(Br)cc4)cc3)cc2)C1. The minimum atomic E-state index is -0.370. The summed E-state index contributed by atoms with van der Waals surface area (Å²) in [6, 6.07) is 24.3. The second-order valence-corrected chi connectivity index (χ2v) is 11.8. The summed E-state index contributed by atoms with van der Waals surface area (Å²) in [5.41, 5.74) is 1.92. The van der Waals surface area contributed by atoms with Gasteiger partial charge in [0.05, 0.1) is 0 Å². The highest BCUT2D eigenvalue weighted by atomic mass is 79.9. The summed E-state index contributed by atoms with van der Waals surface area (Å²) in [7, 11) is 0. The summed E-state index contributed by atoms with van der Waals surface area (Å²) in [6.45, 7) is 10.2. The first-order chi connectivity index (χ1) is 17.0. The number of halogens is 1. The van der Waals surface area contributed by atoms with E-state index in [0.29, 0.717) is 12.8 Å². The largest absolute Gasteiger partial charge is 0.490 e. The molecule has 0 aliphatic heterocycles. The van der Waals surface area contributed by atoms with Crippen LogP contribution in [0, 0.1) is 0 Å². The Hall–Kier alpha value is -2.99. The number of ether oxygens (including phenoxy) is 3. The van der Waals surface area contributed by atoms with Crippen molar-refractivity contribution in [2.45, 2.75) is 70.6 Å². The predicted molar refractivity (Wildman–Crippen MR) is 146 cm³/mol. The molecule has 0 atom stereocenters. The van der Waals surface area contributed by atoms with Crippen molar-refractivity contribution in [2.75, 3.05) is 0 Å². The van der Waals surface area contributed by atoms with E-state index in [1.54, 1.807) is 0 Å². The van der Waals surface area contributed by atoms with Crippen LogP contribution in [0.4, 0.5) is 4.79 Å². The number of amides is 1. The van der Waals surface area contributed by atoms with E-state index in [9.17, 15) is 4.79 Å².